The van der Waals surface area contributed by atoms with Crippen molar-refractivity contribution in [3.05, 3.63) is 33.3 Å². The summed E-state index contributed by atoms with van der Waals surface area (Å²) in [6, 6.07) is 5.28. The second kappa shape index (κ2) is 7.12. The van der Waals surface area contributed by atoms with Crippen LogP contribution in [0, 0.1) is 5.92 Å². The highest BCUT2D eigenvalue weighted by molar-refractivity contribution is 9.10. The van der Waals surface area contributed by atoms with E-state index in [4.69, 9.17) is 16.3 Å². The van der Waals surface area contributed by atoms with Crippen LogP contribution < -0.4 is 5.32 Å². The van der Waals surface area contributed by atoms with Gasteiger partial charge in [-0.25, -0.2) is 0 Å². The lowest BCUT2D eigenvalue weighted by molar-refractivity contribution is -0.144. The largest absolute Gasteiger partial charge is 0.468 e. The Morgan fingerprint density at radius 2 is 2.17 bits per heavy atom. The summed E-state index contributed by atoms with van der Waals surface area (Å²) < 4.78 is 5.70. The standard InChI is InChI=1S/C13H17BrClNO2/c1-8(2)12(13(17)18-3)16-7-9-4-5-10(15)6-11(9)14/h4-6,8,12,16H,7H2,1-3H3. The van der Waals surface area contributed by atoms with Crippen molar-refractivity contribution in [2.45, 2.75) is 26.4 Å². The monoisotopic (exact) mass is 333 g/mol. The van der Waals surface area contributed by atoms with E-state index in [0.29, 0.717) is 11.6 Å². The molecule has 1 aromatic carbocycles. The molecule has 3 nitrogen and oxygen atoms in total. The summed E-state index contributed by atoms with van der Waals surface area (Å²) in [7, 11) is 1.40. The van der Waals surface area contributed by atoms with Crippen LogP contribution in [0.3, 0.4) is 0 Å². The van der Waals surface area contributed by atoms with E-state index in [2.05, 4.69) is 21.2 Å². The van der Waals surface area contributed by atoms with Gasteiger partial charge in [-0.05, 0) is 23.6 Å². The van der Waals surface area contributed by atoms with Gasteiger partial charge in [0, 0.05) is 16.0 Å². The predicted molar refractivity (Wildman–Crippen MR) is 76.6 cm³/mol. The van der Waals surface area contributed by atoms with Crippen molar-refractivity contribution in [3.8, 4) is 0 Å². The van der Waals surface area contributed by atoms with Gasteiger partial charge < -0.3 is 10.1 Å². The Hall–Kier alpha value is -0.580. The fourth-order valence-electron chi connectivity index (χ4n) is 1.60. The van der Waals surface area contributed by atoms with Crippen molar-refractivity contribution in [1.29, 1.82) is 0 Å². The first-order chi connectivity index (χ1) is 8.45. The lowest BCUT2D eigenvalue weighted by Crippen LogP contribution is -2.41. The molecule has 1 rings (SSSR count). The molecule has 0 heterocycles. The molecule has 0 aliphatic carbocycles. The first-order valence-electron chi connectivity index (χ1n) is 5.70. The smallest absolute Gasteiger partial charge is 0.323 e. The van der Waals surface area contributed by atoms with Crippen LogP contribution in [0.1, 0.15) is 19.4 Å². The molecule has 1 N–H and O–H groups in total. The van der Waals surface area contributed by atoms with Gasteiger partial charge in [0.05, 0.1) is 7.11 Å². The Kier molecular flexibility index (Phi) is 6.12. The van der Waals surface area contributed by atoms with Crippen LogP contribution in [0.25, 0.3) is 0 Å². The molecule has 0 aliphatic rings. The molecule has 0 saturated heterocycles. The van der Waals surface area contributed by atoms with E-state index in [-0.39, 0.29) is 17.9 Å². The number of methoxy groups -OCH3 is 1. The highest BCUT2D eigenvalue weighted by Gasteiger charge is 2.22. The van der Waals surface area contributed by atoms with Crippen molar-refractivity contribution < 1.29 is 9.53 Å². The molecule has 1 unspecified atom stereocenters. The summed E-state index contributed by atoms with van der Waals surface area (Å²) in [5.74, 6) is -0.0707. The molecule has 1 atom stereocenters. The Morgan fingerprint density at radius 3 is 2.67 bits per heavy atom. The Bertz CT molecular complexity index is 423. The zero-order valence-electron chi connectivity index (χ0n) is 10.7. The summed E-state index contributed by atoms with van der Waals surface area (Å²) >= 11 is 9.33. The number of rotatable bonds is 5. The molecule has 100 valence electrons. The van der Waals surface area contributed by atoms with Gasteiger partial charge in [-0.1, -0.05) is 47.4 Å². The highest BCUT2D eigenvalue weighted by Crippen LogP contribution is 2.21. The molecule has 1 aromatic rings. The Labute approximate surface area is 121 Å². The van der Waals surface area contributed by atoms with Crippen LogP contribution in [-0.4, -0.2) is 19.1 Å². The van der Waals surface area contributed by atoms with E-state index in [1.54, 1.807) is 0 Å². The number of hydrogen-bond acceptors (Lipinski definition) is 3. The van der Waals surface area contributed by atoms with Gasteiger partial charge in [0.2, 0.25) is 0 Å². The van der Waals surface area contributed by atoms with Crippen LogP contribution in [0.2, 0.25) is 5.02 Å². The van der Waals surface area contributed by atoms with Gasteiger partial charge in [0.1, 0.15) is 6.04 Å². The molecule has 0 aromatic heterocycles. The summed E-state index contributed by atoms with van der Waals surface area (Å²) in [6.45, 7) is 4.53. The lowest BCUT2D eigenvalue weighted by Gasteiger charge is -2.20. The Balaban J connectivity index is 2.70. The van der Waals surface area contributed by atoms with E-state index in [0.717, 1.165) is 10.0 Å². The maximum Gasteiger partial charge on any atom is 0.323 e. The number of carbonyl (C=O) groups is 1. The minimum Gasteiger partial charge on any atom is -0.468 e. The third-order valence-electron chi connectivity index (χ3n) is 2.65. The second-order valence-electron chi connectivity index (χ2n) is 4.36. The Morgan fingerprint density at radius 1 is 1.50 bits per heavy atom. The van der Waals surface area contributed by atoms with Crippen LogP contribution in [0.15, 0.2) is 22.7 Å². The topological polar surface area (TPSA) is 38.3 Å². The summed E-state index contributed by atoms with van der Waals surface area (Å²) in [6.07, 6.45) is 0. The maximum absolute atomic E-state index is 11.6. The van der Waals surface area contributed by atoms with E-state index in [1.165, 1.54) is 7.11 Å². The fourth-order valence-corrected chi connectivity index (χ4v) is 2.43. The van der Waals surface area contributed by atoms with Crippen molar-refractivity contribution in [2.75, 3.05) is 7.11 Å². The number of halogens is 2. The number of carbonyl (C=O) groups excluding carboxylic acids is 1. The van der Waals surface area contributed by atoms with Gasteiger partial charge >= 0.3 is 5.97 Å². The van der Waals surface area contributed by atoms with Crippen molar-refractivity contribution in [2.24, 2.45) is 5.92 Å². The molecule has 5 heteroatoms. The number of esters is 1. The molecular formula is C13H17BrClNO2. The van der Waals surface area contributed by atoms with Gasteiger partial charge in [0.15, 0.2) is 0 Å². The summed E-state index contributed by atoms with van der Waals surface area (Å²) in [5.41, 5.74) is 1.05. The molecule has 18 heavy (non-hydrogen) atoms. The minimum absolute atomic E-state index is 0.170. The molecule has 0 bridgehead atoms. The quantitative estimate of drug-likeness (QED) is 0.839. The maximum atomic E-state index is 11.6. The number of benzene rings is 1. The molecule has 0 fully saturated rings. The third kappa shape index (κ3) is 4.26. The first kappa shape index (κ1) is 15.5. The van der Waals surface area contributed by atoms with Crippen molar-refractivity contribution in [1.82, 2.24) is 5.32 Å². The number of ether oxygens (including phenoxy) is 1. The molecule has 0 aliphatic heterocycles. The SMILES string of the molecule is COC(=O)C(NCc1ccc(Cl)cc1Br)C(C)C. The van der Waals surface area contributed by atoms with Crippen molar-refractivity contribution in [3.63, 3.8) is 0 Å². The fraction of sp³-hybridized carbons (Fsp3) is 0.462. The van der Waals surface area contributed by atoms with Crippen LogP contribution >= 0.6 is 27.5 Å². The molecule has 0 spiro atoms. The van der Waals surface area contributed by atoms with Gasteiger partial charge in [-0.3, -0.25) is 4.79 Å². The normalized spacial score (nSPS) is 12.6. The zero-order chi connectivity index (χ0) is 13.7. The van der Waals surface area contributed by atoms with E-state index < -0.39 is 0 Å². The average Bonchev–Trinajstić information content (AvgIpc) is 2.31. The number of nitrogens with one attached hydrogen (secondary N) is 1. The first-order valence-corrected chi connectivity index (χ1v) is 6.88. The van der Waals surface area contributed by atoms with E-state index in [1.807, 2.05) is 32.0 Å². The molecule has 0 amide bonds. The summed E-state index contributed by atoms with van der Waals surface area (Å²) in [4.78, 5) is 11.6. The molecule has 0 radical (unpaired) electrons. The van der Waals surface area contributed by atoms with E-state index in [9.17, 15) is 4.79 Å². The highest BCUT2D eigenvalue weighted by atomic mass is 79.9. The summed E-state index contributed by atoms with van der Waals surface area (Å²) in [5, 5.41) is 3.88. The van der Waals surface area contributed by atoms with Crippen molar-refractivity contribution >= 4 is 33.5 Å². The van der Waals surface area contributed by atoms with Gasteiger partial charge in [0.25, 0.3) is 0 Å². The van der Waals surface area contributed by atoms with Gasteiger partial charge in [-0.2, -0.15) is 0 Å². The van der Waals surface area contributed by atoms with Crippen LogP contribution in [0.4, 0.5) is 0 Å². The molecule has 0 saturated carbocycles. The number of hydrogen-bond donors (Lipinski definition) is 1. The minimum atomic E-state index is -0.308. The third-order valence-corrected chi connectivity index (χ3v) is 3.62. The van der Waals surface area contributed by atoms with E-state index >= 15 is 0 Å². The molecular weight excluding hydrogens is 318 g/mol. The van der Waals surface area contributed by atoms with Crippen LogP contribution in [0.5, 0.6) is 0 Å². The van der Waals surface area contributed by atoms with Gasteiger partial charge in [-0.15, -0.1) is 0 Å². The second-order valence-corrected chi connectivity index (χ2v) is 5.65. The van der Waals surface area contributed by atoms with Crippen LogP contribution in [-0.2, 0) is 16.1 Å². The predicted octanol–water partition coefficient (Wildman–Crippen LogP) is 3.39. The average molecular weight is 335 g/mol. The lowest BCUT2D eigenvalue weighted by atomic mass is 10.0. The zero-order valence-corrected chi connectivity index (χ0v) is 13.0.